The van der Waals surface area contributed by atoms with Crippen molar-refractivity contribution in [2.45, 2.75) is 19.9 Å². The maximum atomic E-state index is 12.6. The molecule has 0 radical (unpaired) electrons. The number of benzene rings is 1. The molecule has 112 valence electrons. The highest BCUT2D eigenvalue weighted by atomic mass is 16.5. The van der Waals surface area contributed by atoms with Gasteiger partial charge in [-0.25, -0.2) is 0 Å². The van der Waals surface area contributed by atoms with Crippen molar-refractivity contribution >= 4 is 11.6 Å². The van der Waals surface area contributed by atoms with Gasteiger partial charge in [-0.05, 0) is 40.1 Å². The highest BCUT2D eigenvalue weighted by molar-refractivity contribution is 5.99. The van der Waals surface area contributed by atoms with Gasteiger partial charge in [-0.15, -0.1) is 0 Å². The van der Waals surface area contributed by atoms with Gasteiger partial charge in [-0.1, -0.05) is 0 Å². The Morgan fingerprint density at radius 2 is 2.05 bits per heavy atom. The van der Waals surface area contributed by atoms with Crippen LogP contribution in [0.4, 0.5) is 5.69 Å². The maximum absolute atomic E-state index is 12.6. The van der Waals surface area contributed by atoms with E-state index in [4.69, 9.17) is 10.5 Å². The summed E-state index contributed by atoms with van der Waals surface area (Å²) in [6, 6.07) is 5.29. The number of carbonyl (C=O) groups excluding carboxylic acids is 1. The van der Waals surface area contributed by atoms with E-state index in [1.807, 2.05) is 32.8 Å². The van der Waals surface area contributed by atoms with E-state index in [9.17, 15) is 4.79 Å². The first-order chi connectivity index (χ1) is 9.40. The van der Waals surface area contributed by atoms with Crippen LogP contribution in [0.3, 0.4) is 0 Å². The number of hydrogen-bond acceptors (Lipinski definition) is 4. The molecular formula is C15H25N3O2. The van der Waals surface area contributed by atoms with Crippen molar-refractivity contribution in [1.29, 1.82) is 0 Å². The van der Waals surface area contributed by atoms with Crippen molar-refractivity contribution in [2.24, 2.45) is 0 Å². The Morgan fingerprint density at radius 3 is 2.50 bits per heavy atom. The van der Waals surface area contributed by atoms with Crippen LogP contribution in [0.2, 0.25) is 0 Å². The number of nitrogens with zero attached hydrogens (tertiary/aromatic N) is 2. The summed E-state index contributed by atoms with van der Waals surface area (Å²) in [6.07, 6.45) is 0. The quantitative estimate of drug-likeness (QED) is 0.805. The first kappa shape index (κ1) is 16.3. The van der Waals surface area contributed by atoms with E-state index in [-0.39, 0.29) is 11.9 Å². The predicted octanol–water partition coefficient (Wildman–Crippen LogP) is 1.69. The van der Waals surface area contributed by atoms with Gasteiger partial charge in [0.1, 0.15) is 5.75 Å². The second-order valence-electron chi connectivity index (χ2n) is 5.16. The SMILES string of the molecule is CCN(C(=O)c1ccc(OC)cc1N)C(C)CN(C)C. The van der Waals surface area contributed by atoms with Gasteiger partial charge in [-0.2, -0.15) is 0 Å². The fourth-order valence-corrected chi connectivity index (χ4v) is 2.30. The number of anilines is 1. The summed E-state index contributed by atoms with van der Waals surface area (Å²) in [4.78, 5) is 16.5. The van der Waals surface area contributed by atoms with Crippen molar-refractivity contribution in [3.8, 4) is 5.75 Å². The molecule has 0 bridgehead atoms. The molecule has 5 heteroatoms. The molecule has 0 aliphatic heterocycles. The van der Waals surface area contributed by atoms with Crippen molar-refractivity contribution in [1.82, 2.24) is 9.80 Å². The molecule has 0 aromatic heterocycles. The predicted molar refractivity (Wildman–Crippen MR) is 82.1 cm³/mol. The van der Waals surface area contributed by atoms with Crippen LogP contribution in [0, 0.1) is 0 Å². The third-order valence-corrected chi connectivity index (χ3v) is 3.25. The molecule has 0 fully saturated rings. The Bertz CT molecular complexity index is 460. The minimum absolute atomic E-state index is 0.0398. The number of carbonyl (C=O) groups is 1. The van der Waals surface area contributed by atoms with Gasteiger partial charge < -0.3 is 20.3 Å². The van der Waals surface area contributed by atoms with Gasteiger partial charge in [0.15, 0.2) is 0 Å². The van der Waals surface area contributed by atoms with Crippen LogP contribution in [0.1, 0.15) is 24.2 Å². The number of likely N-dealkylation sites (N-methyl/N-ethyl adjacent to an activating group) is 2. The van der Waals surface area contributed by atoms with E-state index >= 15 is 0 Å². The fourth-order valence-electron chi connectivity index (χ4n) is 2.30. The van der Waals surface area contributed by atoms with E-state index in [0.29, 0.717) is 23.5 Å². The van der Waals surface area contributed by atoms with Crippen LogP contribution in [0.5, 0.6) is 5.75 Å². The summed E-state index contributed by atoms with van der Waals surface area (Å²) < 4.78 is 5.11. The van der Waals surface area contributed by atoms with Crippen LogP contribution in [-0.4, -0.2) is 56.0 Å². The normalized spacial score (nSPS) is 12.3. The van der Waals surface area contributed by atoms with E-state index in [1.54, 1.807) is 25.3 Å². The smallest absolute Gasteiger partial charge is 0.256 e. The molecule has 0 aliphatic carbocycles. The molecule has 1 atom stereocenters. The van der Waals surface area contributed by atoms with Crippen LogP contribution >= 0.6 is 0 Å². The van der Waals surface area contributed by atoms with Crippen molar-refractivity contribution in [2.75, 3.05) is 40.0 Å². The van der Waals surface area contributed by atoms with Gasteiger partial charge in [0.05, 0.1) is 12.7 Å². The summed E-state index contributed by atoms with van der Waals surface area (Å²) in [6.45, 7) is 5.49. The molecular weight excluding hydrogens is 254 g/mol. The molecule has 1 amide bonds. The van der Waals surface area contributed by atoms with Crippen LogP contribution in [0.15, 0.2) is 18.2 Å². The van der Waals surface area contributed by atoms with Crippen LogP contribution < -0.4 is 10.5 Å². The summed E-state index contributed by atoms with van der Waals surface area (Å²) in [5.41, 5.74) is 6.93. The van der Waals surface area contributed by atoms with Gasteiger partial charge in [0, 0.05) is 30.9 Å². The highest BCUT2D eigenvalue weighted by Gasteiger charge is 2.22. The number of amides is 1. The molecule has 0 aliphatic rings. The summed E-state index contributed by atoms with van der Waals surface area (Å²) in [5, 5.41) is 0. The third kappa shape index (κ3) is 3.87. The lowest BCUT2D eigenvalue weighted by molar-refractivity contribution is 0.0680. The number of nitrogens with two attached hydrogens (primary N) is 1. The number of ether oxygens (including phenoxy) is 1. The lowest BCUT2D eigenvalue weighted by atomic mass is 10.1. The zero-order chi connectivity index (χ0) is 15.3. The summed E-state index contributed by atoms with van der Waals surface area (Å²) in [5.74, 6) is 0.616. The molecule has 2 N–H and O–H groups in total. The van der Waals surface area contributed by atoms with E-state index in [1.165, 1.54) is 0 Å². The van der Waals surface area contributed by atoms with Gasteiger partial charge in [0.2, 0.25) is 0 Å². The Labute approximate surface area is 121 Å². The number of nitrogen functional groups attached to an aromatic ring is 1. The van der Waals surface area contributed by atoms with E-state index in [0.717, 1.165) is 6.54 Å². The van der Waals surface area contributed by atoms with Crippen molar-refractivity contribution in [3.63, 3.8) is 0 Å². The Balaban J connectivity index is 2.96. The van der Waals surface area contributed by atoms with E-state index in [2.05, 4.69) is 4.90 Å². The van der Waals surface area contributed by atoms with Crippen LogP contribution in [-0.2, 0) is 0 Å². The molecule has 1 aromatic rings. The molecule has 0 saturated carbocycles. The lowest BCUT2D eigenvalue weighted by Gasteiger charge is -2.30. The zero-order valence-corrected chi connectivity index (χ0v) is 13.0. The average molecular weight is 279 g/mol. The zero-order valence-electron chi connectivity index (χ0n) is 13.0. The summed E-state index contributed by atoms with van der Waals surface area (Å²) >= 11 is 0. The highest BCUT2D eigenvalue weighted by Crippen LogP contribution is 2.21. The molecule has 1 rings (SSSR count). The number of hydrogen-bond donors (Lipinski definition) is 1. The Hall–Kier alpha value is -1.75. The van der Waals surface area contributed by atoms with Crippen molar-refractivity contribution in [3.05, 3.63) is 23.8 Å². The molecule has 0 heterocycles. The topological polar surface area (TPSA) is 58.8 Å². The average Bonchev–Trinajstić information content (AvgIpc) is 2.38. The maximum Gasteiger partial charge on any atom is 0.256 e. The first-order valence-electron chi connectivity index (χ1n) is 6.79. The molecule has 20 heavy (non-hydrogen) atoms. The minimum atomic E-state index is -0.0398. The monoisotopic (exact) mass is 279 g/mol. The van der Waals surface area contributed by atoms with Crippen molar-refractivity contribution < 1.29 is 9.53 Å². The van der Waals surface area contributed by atoms with Gasteiger partial charge in [0.25, 0.3) is 5.91 Å². The number of rotatable bonds is 6. The Kier molecular flexibility index (Phi) is 5.82. The molecule has 1 unspecified atom stereocenters. The van der Waals surface area contributed by atoms with Gasteiger partial charge in [-0.3, -0.25) is 4.79 Å². The first-order valence-corrected chi connectivity index (χ1v) is 6.79. The lowest BCUT2D eigenvalue weighted by Crippen LogP contribution is -2.43. The standard InChI is InChI=1S/C15H25N3O2/c1-6-18(11(2)10-17(3)4)15(19)13-8-7-12(20-5)9-14(13)16/h7-9,11H,6,10,16H2,1-5H3. The molecule has 5 nitrogen and oxygen atoms in total. The molecule has 1 aromatic carbocycles. The fraction of sp³-hybridized carbons (Fsp3) is 0.533. The molecule has 0 saturated heterocycles. The largest absolute Gasteiger partial charge is 0.497 e. The molecule has 0 spiro atoms. The van der Waals surface area contributed by atoms with E-state index < -0.39 is 0 Å². The second-order valence-corrected chi connectivity index (χ2v) is 5.16. The van der Waals surface area contributed by atoms with Crippen LogP contribution in [0.25, 0.3) is 0 Å². The second kappa shape index (κ2) is 7.14. The van der Waals surface area contributed by atoms with Gasteiger partial charge >= 0.3 is 0 Å². The number of methoxy groups -OCH3 is 1. The third-order valence-electron chi connectivity index (χ3n) is 3.25. The Morgan fingerprint density at radius 1 is 1.40 bits per heavy atom. The summed E-state index contributed by atoms with van der Waals surface area (Å²) in [7, 11) is 5.57. The minimum Gasteiger partial charge on any atom is -0.497 e.